The van der Waals surface area contributed by atoms with Crippen molar-refractivity contribution in [3.05, 3.63) is 53.6 Å². The van der Waals surface area contributed by atoms with Crippen molar-refractivity contribution in [2.45, 2.75) is 35.1 Å². The molecule has 0 unspecified atom stereocenters. The van der Waals surface area contributed by atoms with Crippen molar-refractivity contribution in [1.82, 2.24) is 5.32 Å². The highest BCUT2D eigenvalue weighted by atomic mass is 35.5. The molecule has 142 valence electrons. The standard InChI is InChI=1S/C20H21N3O2S.ClH/c21-14-16-3-1-2-4-20(16)26(24,25)18-5-6-19-15(13-18)9-12-23(19)17-7-10-22-11-8-17;/h1-6,13,17,22H,7-12H2;1H. The van der Waals surface area contributed by atoms with E-state index in [1.54, 1.807) is 30.3 Å². The first kappa shape index (κ1) is 19.7. The fourth-order valence-corrected chi connectivity index (χ4v) is 5.45. The highest BCUT2D eigenvalue weighted by Crippen LogP contribution is 2.35. The van der Waals surface area contributed by atoms with E-state index in [1.165, 1.54) is 6.07 Å². The van der Waals surface area contributed by atoms with Crippen molar-refractivity contribution in [3.8, 4) is 6.07 Å². The van der Waals surface area contributed by atoms with Crippen LogP contribution in [0.3, 0.4) is 0 Å². The maximum Gasteiger partial charge on any atom is 0.207 e. The van der Waals surface area contributed by atoms with Crippen molar-refractivity contribution in [2.24, 2.45) is 0 Å². The van der Waals surface area contributed by atoms with Gasteiger partial charge in [-0.25, -0.2) is 8.42 Å². The van der Waals surface area contributed by atoms with Crippen LogP contribution in [0.2, 0.25) is 0 Å². The molecule has 2 aromatic rings. The second-order valence-corrected chi connectivity index (χ2v) is 8.74. The van der Waals surface area contributed by atoms with E-state index in [1.807, 2.05) is 12.1 Å². The topological polar surface area (TPSA) is 73.2 Å². The monoisotopic (exact) mass is 403 g/mol. The molecule has 2 heterocycles. The Balaban J connectivity index is 0.00000210. The van der Waals surface area contributed by atoms with Gasteiger partial charge in [0.25, 0.3) is 0 Å². The van der Waals surface area contributed by atoms with Crippen molar-refractivity contribution in [1.29, 1.82) is 5.26 Å². The first-order chi connectivity index (χ1) is 12.6. The molecule has 5 nitrogen and oxygen atoms in total. The maximum absolute atomic E-state index is 13.0. The van der Waals surface area contributed by atoms with E-state index in [2.05, 4.69) is 10.2 Å². The lowest BCUT2D eigenvalue weighted by molar-refractivity contribution is 0.435. The summed E-state index contributed by atoms with van der Waals surface area (Å²) in [5.74, 6) is 0. The Bertz CT molecular complexity index is 979. The van der Waals surface area contributed by atoms with Gasteiger partial charge >= 0.3 is 0 Å². The fourth-order valence-electron chi connectivity index (χ4n) is 3.99. The lowest BCUT2D eigenvalue weighted by atomic mass is 10.0. The molecule has 2 aromatic carbocycles. The first-order valence-electron chi connectivity index (χ1n) is 8.96. The second kappa shape index (κ2) is 7.89. The summed E-state index contributed by atoms with van der Waals surface area (Å²) in [6, 6.07) is 14.3. The van der Waals surface area contributed by atoms with Gasteiger partial charge in [-0.05, 0) is 68.2 Å². The summed E-state index contributed by atoms with van der Waals surface area (Å²) in [7, 11) is -3.70. The molecule has 0 bridgehead atoms. The Morgan fingerprint density at radius 2 is 1.85 bits per heavy atom. The number of halogens is 1. The number of fused-ring (bicyclic) bond motifs is 1. The molecule has 1 saturated heterocycles. The van der Waals surface area contributed by atoms with Crippen molar-refractivity contribution in [3.63, 3.8) is 0 Å². The molecule has 0 saturated carbocycles. The largest absolute Gasteiger partial charge is 0.368 e. The van der Waals surface area contributed by atoms with Gasteiger partial charge < -0.3 is 10.2 Å². The fraction of sp³-hybridized carbons (Fsp3) is 0.350. The summed E-state index contributed by atoms with van der Waals surface area (Å²) >= 11 is 0. The lowest BCUT2D eigenvalue weighted by Gasteiger charge is -2.33. The molecule has 4 rings (SSSR count). The lowest BCUT2D eigenvalue weighted by Crippen LogP contribution is -2.42. The third-order valence-electron chi connectivity index (χ3n) is 5.34. The Hall–Kier alpha value is -2.07. The molecule has 0 radical (unpaired) electrons. The average Bonchev–Trinajstić information content (AvgIpc) is 3.12. The zero-order valence-corrected chi connectivity index (χ0v) is 16.5. The summed E-state index contributed by atoms with van der Waals surface area (Å²) < 4.78 is 26.0. The minimum atomic E-state index is -3.70. The Labute approximate surface area is 166 Å². The zero-order valence-electron chi connectivity index (χ0n) is 14.9. The van der Waals surface area contributed by atoms with Gasteiger partial charge in [0.05, 0.1) is 15.4 Å². The summed E-state index contributed by atoms with van der Waals surface area (Å²) in [5, 5.41) is 12.6. The molecule has 2 aliphatic heterocycles. The van der Waals surface area contributed by atoms with Crippen LogP contribution in [-0.4, -0.2) is 34.1 Å². The number of piperidine rings is 1. The van der Waals surface area contributed by atoms with Crippen LogP contribution in [0.15, 0.2) is 52.3 Å². The minimum absolute atomic E-state index is 0. The van der Waals surface area contributed by atoms with Gasteiger partial charge in [0.1, 0.15) is 6.07 Å². The van der Waals surface area contributed by atoms with Gasteiger partial charge in [-0.1, -0.05) is 12.1 Å². The highest BCUT2D eigenvalue weighted by Gasteiger charge is 2.29. The quantitative estimate of drug-likeness (QED) is 0.852. The van der Waals surface area contributed by atoms with Crippen LogP contribution >= 0.6 is 12.4 Å². The molecule has 2 aliphatic rings. The number of nitrogens with zero attached hydrogens (tertiary/aromatic N) is 2. The van der Waals surface area contributed by atoms with Gasteiger partial charge in [-0.2, -0.15) is 5.26 Å². The van der Waals surface area contributed by atoms with Crippen molar-refractivity contribution >= 4 is 27.9 Å². The van der Waals surface area contributed by atoms with E-state index in [-0.39, 0.29) is 27.8 Å². The summed E-state index contributed by atoms with van der Waals surface area (Å²) in [4.78, 5) is 2.78. The summed E-state index contributed by atoms with van der Waals surface area (Å²) in [5.41, 5.74) is 2.42. The van der Waals surface area contributed by atoms with Gasteiger partial charge in [0.2, 0.25) is 9.84 Å². The first-order valence-corrected chi connectivity index (χ1v) is 10.4. The van der Waals surface area contributed by atoms with E-state index in [0.717, 1.165) is 50.1 Å². The van der Waals surface area contributed by atoms with Crippen LogP contribution < -0.4 is 10.2 Å². The van der Waals surface area contributed by atoms with Crippen LogP contribution in [0.4, 0.5) is 5.69 Å². The molecular weight excluding hydrogens is 382 g/mol. The predicted molar refractivity (Wildman–Crippen MR) is 107 cm³/mol. The van der Waals surface area contributed by atoms with Crippen LogP contribution in [-0.2, 0) is 16.3 Å². The maximum atomic E-state index is 13.0. The number of nitriles is 1. The summed E-state index contributed by atoms with van der Waals surface area (Å²) in [6.45, 7) is 3.01. The summed E-state index contributed by atoms with van der Waals surface area (Å²) in [6.07, 6.45) is 3.10. The van der Waals surface area contributed by atoms with Gasteiger partial charge in [-0.15, -0.1) is 12.4 Å². The van der Waals surface area contributed by atoms with E-state index in [9.17, 15) is 13.7 Å². The number of benzene rings is 2. The molecule has 0 aromatic heterocycles. The number of nitrogens with one attached hydrogen (secondary N) is 1. The van der Waals surface area contributed by atoms with Crippen LogP contribution in [0.1, 0.15) is 24.0 Å². The van der Waals surface area contributed by atoms with E-state index < -0.39 is 9.84 Å². The average molecular weight is 404 g/mol. The molecule has 0 spiro atoms. The Kier molecular flexibility index (Phi) is 5.75. The highest BCUT2D eigenvalue weighted by molar-refractivity contribution is 7.91. The van der Waals surface area contributed by atoms with E-state index >= 15 is 0 Å². The smallest absolute Gasteiger partial charge is 0.207 e. The third-order valence-corrected chi connectivity index (χ3v) is 7.15. The second-order valence-electron chi connectivity index (χ2n) is 6.83. The van der Waals surface area contributed by atoms with E-state index in [4.69, 9.17) is 0 Å². The number of sulfone groups is 1. The van der Waals surface area contributed by atoms with Crippen molar-refractivity contribution in [2.75, 3.05) is 24.5 Å². The Morgan fingerprint density at radius 3 is 2.59 bits per heavy atom. The normalized spacial score (nSPS) is 17.1. The molecule has 0 aliphatic carbocycles. The van der Waals surface area contributed by atoms with Gasteiger partial charge in [-0.3, -0.25) is 0 Å². The molecule has 27 heavy (non-hydrogen) atoms. The van der Waals surface area contributed by atoms with Crippen LogP contribution in [0.5, 0.6) is 0 Å². The predicted octanol–water partition coefficient (Wildman–Crippen LogP) is 2.93. The van der Waals surface area contributed by atoms with Crippen molar-refractivity contribution < 1.29 is 8.42 Å². The number of hydrogen-bond acceptors (Lipinski definition) is 5. The number of rotatable bonds is 3. The third kappa shape index (κ3) is 3.55. The van der Waals surface area contributed by atoms with Crippen LogP contribution in [0.25, 0.3) is 0 Å². The SMILES string of the molecule is Cl.N#Cc1ccccc1S(=O)(=O)c1ccc2c(c1)CCN2C1CCNCC1. The van der Waals surface area contributed by atoms with Gasteiger partial charge in [0, 0.05) is 18.3 Å². The van der Waals surface area contributed by atoms with Crippen LogP contribution in [0, 0.1) is 11.3 Å². The minimum Gasteiger partial charge on any atom is -0.368 e. The zero-order chi connectivity index (χ0) is 18.1. The van der Waals surface area contributed by atoms with E-state index in [0.29, 0.717) is 6.04 Å². The molecule has 7 heteroatoms. The molecule has 0 atom stereocenters. The molecule has 1 N–H and O–H groups in total. The van der Waals surface area contributed by atoms with Gasteiger partial charge in [0.15, 0.2) is 0 Å². The number of hydrogen-bond donors (Lipinski definition) is 1. The molecule has 0 amide bonds. The molecule has 1 fully saturated rings. The Morgan fingerprint density at radius 1 is 1.11 bits per heavy atom. The number of anilines is 1. The molecular formula is C20H22ClN3O2S.